The molecule has 0 bridgehead atoms. The van der Waals surface area contributed by atoms with Crippen LogP contribution in [0.25, 0.3) is 28.2 Å². The van der Waals surface area contributed by atoms with Crippen molar-refractivity contribution >= 4 is 23.4 Å². The maximum Gasteiger partial charge on any atom is 0.409 e. The second kappa shape index (κ2) is 8.99. The summed E-state index contributed by atoms with van der Waals surface area (Å²) in [5, 5.41) is 23.0. The highest BCUT2D eigenvalue weighted by molar-refractivity contribution is 6.31. The molecule has 0 saturated carbocycles. The van der Waals surface area contributed by atoms with E-state index in [4.69, 9.17) is 16.7 Å². The second-order valence-corrected chi connectivity index (χ2v) is 8.89. The van der Waals surface area contributed by atoms with Gasteiger partial charge in [-0.05, 0) is 65.2 Å². The van der Waals surface area contributed by atoms with Gasteiger partial charge in [-0.1, -0.05) is 11.6 Å². The van der Waals surface area contributed by atoms with Crippen LogP contribution in [-0.2, 0) is 6.42 Å². The summed E-state index contributed by atoms with van der Waals surface area (Å²) in [4.78, 5) is 36.2. The van der Waals surface area contributed by atoms with Crippen molar-refractivity contribution < 1.29 is 9.90 Å². The topological polar surface area (TPSA) is 156 Å². The first-order valence-corrected chi connectivity index (χ1v) is 11.6. The molecule has 1 aliphatic rings. The number of aromatic amines is 1. The molecule has 0 aliphatic carbocycles. The van der Waals surface area contributed by atoms with E-state index in [1.54, 1.807) is 41.1 Å². The van der Waals surface area contributed by atoms with Gasteiger partial charge in [0, 0.05) is 22.3 Å². The maximum absolute atomic E-state index is 13.3. The number of imidazole rings is 1. The molecule has 1 amide bonds. The fraction of sp³-hybridized carbons (Fsp3) is 0.125. The Balaban J connectivity index is 1.32. The Hall–Kier alpha value is -4.84. The van der Waals surface area contributed by atoms with Crippen molar-refractivity contribution in [1.29, 1.82) is 0 Å². The number of halogens is 1. The summed E-state index contributed by atoms with van der Waals surface area (Å²) in [6, 6.07) is 12.0. The molecule has 6 rings (SSSR count). The predicted molar refractivity (Wildman–Crippen MR) is 134 cm³/mol. The van der Waals surface area contributed by atoms with Gasteiger partial charge in [0.25, 0.3) is 5.56 Å². The first-order chi connectivity index (χ1) is 18.0. The summed E-state index contributed by atoms with van der Waals surface area (Å²) in [6.45, 7) is 0. The Morgan fingerprint density at radius 3 is 2.78 bits per heavy atom. The zero-order valence-corrected chi connectivity index (χ0v) is 19.8. The summed E-state index contributed by atoms with van der Waals surface area (Å²) in [6.07, 6.45) is 4.81. The fourth-order valence-corrected chi connectivity index (χ4v) is 4.78. The van der Waals surface area contributed by atoms with Crippen LogP contribution in [0.5, 0.6) is 0 Å². The molecular formula is C24H18ClN9O3. The van der Waals surface area contributed by atoms with E-state index < -0.39 is 6.09 Å². The Kier molecular flexibility index (Phi) is 5.49. The third-order valence-electron chi connectivity index (χ3n) is 6.20. The van der Waals surface area contributed by atoms with Gasteiger partial charge in [-0.15, -0.1) is 5.10 Å². The van der Waals surface area contributed by atoms with Crippen molar-refractivity contribution in [2.45, 2.75) is 18.9 Å². The molecular weight excluding hydrogens is 498 g/mol. The molecule has 13 heteroatoms. The highest BCUT2D eigenvalue weighted by Gasteiger charge is 2.28. The fourth-order valence-electron chi connectivity index (χ4n) is 4.61. The molecule has 0 saturated heterocycles. The number of fused-ring (bicyclic) bond motifs is 1. The van der Waals surface area contributed by atoms with E-state index in [0.717, 1.165) is 16.8 Å². The Labute approximate surface area is 213 Å². The molecule has 5 heterocycles. The van der Waals surface area contributed by atoms with Gasteiger partial charge in [0.05, 0.1) is 41.2 Å². The summed E-state index contributed by atoms with van der Waals surface area (Å²) in [5.74, 6) is 0.648. The van der Waals surface area contributed by atoms with Crippen LogP contribution in [-0.4, -0.2) is 50.9 Å². The predicted octanol–water partition coefficient (Wildman–Crippen LogP) is 3.56. The Morgan fingerprint density at radius 1 is 1.14 bits per heavy atom. The van der Waals surface area contributed by atoms with Crippen LogP contribution in [0.15, 0.2) is 66.0 Å². The number of carboxylic acid groups (broad SMARTS) is 1. The van der Waals surface area contributed by atoms with Crippen LogP contribution in [0, 0.1) is 0 Å². The van der Waals surface area contributed by atoms with Crippen molar-refractivity contribution in [2.75, 3.05) is 5.32 Å². The van der Waals surface area contributed by atoms with Gasteiger partial charge in [0.1, 0.15) is 12.2 Å². The van der Waals surface area contributed by atoms with E-state index in [-0.39, 0.29) is 11.6 Å². The van der Waals surface area contributed by atoms with Gasteiger partial charge in [0.2, 0.25) is 0 Å². The van der Waals surface area contributed by atoms with Crippen LogP contribution in [0.3, 0.4) is 0 Å². The van der Waals surface area contributed by atoms with E-state index in [1.807, 2.05) is 12.1 Å². The van der Waals surface area contributed by atoms with Crippen LogP contribution in [0.2, 0.25) is 5.02 Å². The molecule has 1 aromatic carbocycles. The number of amides is 1. The lowest BCUT2D eigenvalue weighted by Gasteiger charge is -2.15. The normalized spacial score (nSPS) is 14.5. The number of nitrogens with one attached hydrogen (secondary N) is 2. The third kappa shape index (κ3) is 4.23. The van der Waals surface area contributed by atoms with Gasteiger partial charge >= 0.3 is 6.09 Å². The molecule has 12 nitrogen and oxygen atoms in total. The number of pyridine rings is 2. The quantitative estimate of drug-likeness (QED) is 0.320. The molecule has 3 N–H and O–H groups in total. The second-order valence-electron chi connectivity index (χ2n) is 8.46. The number of H-pyrrole nitrogens is 1. The van der Waals surface area contributed by atoms with Crippen molar-refractivity contribution in [3.8, 4) is 28.2 Å². The Bertz CT molecular complexity index is 1680. The smallest absolute Gasteiger partial charge is 0.409 e. The molecule has 1 atom stereocenters. The summed E-state index contributed by atoms with van der Waals surface area (Å²) < 4.78 is 3.28. The number of anilines is 1. The summed E-state index contributed by atoms with van der Waals surface area (Å²) >= 11 is 6.28. The molecule has 0 radical (unpaired) electrons. The van der Waals surface area contributed by atoms with Crippen molar-refractivity contribution in [1.82, 2.24) is 39.7 Å². The zero-order valence-electron chi connectivity index (χ0n) is 19.0. The monoisotopic (exact) mass is 515 g/mol. The molecule has 1 unspecified atom stereocenters. The van der Waals surface area contributed by atoms with Gasteiger partial charge in [-0.3, -0.25) is 15.1 Å². The molecule has 4 aromatic heterocycles. The molecule has 5 aromatic rings. The molecule has 0 spiro atoms. The number of benzene rings is 1. The average molecular weight is 516 g/mol. The van der Waals surface area contributed by atoms with E-state index in [0.29, 0.717) is 46.5 Å². The van der Waals surface area contributed by atoms with Crippen LogP contribution in [0.4, 0.5) is 10.5 Å². The summed E-state index contributed by atoms with van der Waals surface area (Å²) in [5.41, 5.74) is 4.55. The van der Waals surface area contributed by atoms with Crippen molar-refractivity contribution in [3.05, 3.63) is 88.1 Å². The van der Waals surface area contributed by atoms with E-state index >= 15 is 0 Å². The SMILES string of the molecule is O=C(O)Nc1ccc(-c2cnc(C3CCc4cc(-c5cc(Cl)ccc5-n5cnnn5)cc(=O)n43)[nH]2)nc1. The standard InChI is InChI=1S/C24H18ClN9O3/c25-14-1-5-20(33-12-28-31-32-33)17(9-14)13-7-16-3-6-21(34(16)22(35)8-13)23-27-11-19(30-23)18-4-2-15(10-26-18)29-24(36)37/h1-2,4-5,7-12,21,29H,3,6H2,(H,27,30)(H,36,37). The lowest BCUT2D eigenvalue weighted by molar-refractivity contribution is 0.209. The van der Waals surface area contributed by atoms with Gasteiger partial charge < -0.3 is 14.7 Å². The number of aryl methyl sites for hydroxylation is 1. The number of tetrazole rings is 1. The molecule has 0 fully saturated rings. The van der Waals surface area contributed by atoms with Crippen LogP contribution < -0.4 is 10.9 Å². The van der Waals surface area contributed by atoms with Gasteiger partial charge in [-0.2, -0.15) is 4.68 Å². The highest BCUT2D eigenvalue weighted by Crippen LogP contribution is 2.34. The number of nitrogens with zero attached hydrogens (tertiary/aromatic N) is 7. The van der Waals surface area contributed by atoms with E-state index in [1.165, 1.54) is 17.2 Å². The number of aromatic nitrogens is 8. The van der Waals surface area contributed by atoms with Crippen LogP contribution >= 0.6 is 11.6 Å². The zero-order chi connectivity index (χ0) is 25.5. The number of carbonyl (C=O) groups is 1. The van der Waals surface area contributed by atoms with Crippen molar-refractivity contribution in [2.24, 2.45) is 0 Å². The first kappa shape index (κ1) is 22.6. The third-order valence-corrected chi connectivity index (χ3v) is 6.44. The Morgan fingerprint density at radius 2 is 2.03 bits per heavy atom. The number of hydrogen-bond acceptors (Lipinski definition) is 7. The minimum atomic E-state index is -1.16. The van der Waals surface area contributed by atoms with Crippen molar-refractivity contribution in [3.63, 3.8) is 0 Å². The molecule has 184 valence electrons. The van der Waals surface area contributed by atoms with Crippen LogP contribution in [0.1, 0.15) is 24.0 Å². The molecule has 1 aliphatic heterocycles. The largest absolute Gasteiger partial charge is 0.465 e. The number of rotatable bonds is 5. The number of hydrogen-bond donors (Lipinski definition) is 3. The highest BCUT2D eigenvalue weighted by atomic mass is 35.5. The minimum absolute atomic E-state index is 0.155. The summed E-state index contributed by atoms with van der Waals surface area (Å²) in [7, 11) is 0. The molecule has 37 heavy (non-hydrogen) atoms. The lowest BCUT2D eigenvalue weighted by Crippen LogP contribution is -2.23. The minimum Gasteiger partial charge on any atom is -0.465 e. The van der Waals surface area contributed by atoms with Gasteiger partial charge in [0.15, 0.2) is 0 Å². The lowest BCUT2D eigenvalue weighted by atomic mass is 10.0. The first-order valence-electron chi connectivity index (χ1n) is 11.3. The average Bonchev–Trinajstić information content (AvgIpc) is 3.65. The maximum atomic E-state index is 13.3. The van der Waals surface area contributed by atoms with E-state index in [2.05, 4.69) is 35.8 Å². The van der Waals surface area contributed by atoms with Gasteiger partial charge in [-0.25, -0.2) is 9.78 Å². The van der Waals surface area contributed by atoms with E-state index in [9.17, 15) is 9.59 Å².